The second kappa shape index (κ2) is 11.5. The quantitative estimate of drug-likeness (QED) is 0.544. The van der Waals surface area contributed by atoms with Crippen molar-refractivity contribution < 1.29 is 24.2 Å². The lowest BCUT2D eigenvalue weighted by Crippen LogP contribution is -2.10. The Kier molecular flexibility index (Phi) is 8.76. The van der Waals surface area contributed by atoms with Crippen molar-refractivity contribution in [3.05, 3.63) is 59.7 Å². The highest BCUT2D eigenvalue weighted by molar-refractivity contribution is 6.02. The lowest BCUT2D eigenvalue weighted by molar-refractivity contribution is -0.137. The van der Waals surface area contributed by atoms with Crippen LogP contribution in [0.15, 0.2) is 48.5 Å². The molecule has 6 nitrogen and oxygen atoms in total. The number of aliphatic carboxylic acids is 1. The fourth-order valence-electron chi connectivity index (χ4n) is 2.61. The Bertz CT molecular complexity index is 843. The van der Waals surface area contributed by atoms with Gasteiger partial charge < -0.3 is 19.9 Å². The minimum absolute atomic E-state index is 0.0280. The van der Waals surface area contributed by atoms with E-state index in [2.05, 4.69) is 5.32 Å². The number of benzene rings is 2. The first-order valence-electron chi connectivity index (χ1n) is 9.71. The molecule has 0 saturated heterocycles. The number of carbonyl (C=O) groups excluding carboxylic acids is 1. The molecule has 0 saturated carbocycles. The largest absolute Gasteiger partial charge is 0.494 e. The summed E-state index contributed by atoms with van der Waals surface area (Å²) in [6.07, 6.45) is 4.41. The molecule has 29 heavy (non-hydrogen) atoms. The number of ether oxygens (including phenoxy) is 2. The number of amides is 1. The summed E-state index contributed by atoms with van der Waals surface area (Å²) in [5.41, 5.74) is 2.23. The number of carboxylic acids is 1. The minimum Gasteiger partial charge on any atom is -0.494 e. The Morgan fingerprint density at radius 3 is 2.48 bits per heavy atom. The van der Waals surface area contributed by atoms with Gasteiger partial charge in [-0.1, -0.05) is 25.1 Å². The second-order valence-corrected chi connectivity index (χ2v) is 6.40. The van der Waals surface area contributed by atoms with Gasteiger partial charge in [0.2, 0.25) is 5.91 Å². The van der Waals surface area contributed by atoms with Crippen LogP contribution in [-0.4, -0.2) is 30.2 Å². The van der Waals surface area contributed by atoms with E-state index in [1.807, 2.05) is 44.2 Å². The molecule has 1 amide bonds. The van der Waals surface area contributed by atoms with Crippen LogP contribution in [-0.2, 0) is 16.0 Å². The topological polar surface area (TPSA) is 84.9 Å². The van der Waals surface area contributed by atoms with Crippen molar-refractivity contribution in [3.8, 4) is 11.5 Å². The van der Waals surface area contributed by atoms with Crippen molar-refractivity contribution in [2.45, 2.75) is 33.1 Å². The molecule has 0 aliphatic heterocycles. The van der Waals surface area contributed by atoms with Gasteiger partial charge in [0.05, 0.1) is 18.9 Å². The molecule has 2 rings (SSSR count). The van der Waals surface area contributed by atoms with Crippen molar-refractivity contribution in [1.82, 2.24) is 0 Å². The second-order valence-electron chi connectivity index (χ2n) is 6.40. The molecule has 2 aromatic rings. The average Bonchev–Trinajstić information content (AvgIpc) is 2.71. The number of carboxylic acid groups (broad SMARTS) is 1. The van der Waals surface area contributed by atoms with E-state index in [1.54, 1.807) is 18.2 Å². The van der Waals surface area contributed by atoms with Crippen LogP contribution in [0.4, 0.5) is 5.69 Å². The number of hydrogen-bond acceptors (Lipinski definition) is 4. The van der Waals surface area contributed by atoms with Crippen LogP contribution in [0.5, 0.6) is 11.5 Å². The normalized spacial score (nSPS) is 10.7. The van der Waals surface area contributed by atoms with Gasteiger partial charge in [0.15, 0.2) is 0 Å². The molecule has 0 aromatic heterocycles. The summed E-state index contributed by atoms with van der Waals surface area (Å²) < 4.78 is 11.1. The van der Waals surface area contributed by atoms with Gasteiger partial charge in [-0.3, -0.25) is 9.59 Å². The zero-order valence-corrected chi connectivity index (χ0v) is 16.8. The summed E-state index contributed by atoms with van der Waals surface area (Å²) in [6.45, 7) is 5.05. The molecular weight excluding hydrogens is 370 g/mol. The molecular formula is C23H27NO5. The predicted molar refractivity (Wildman–Crippen MR) is 113 cm³/mol. The third kappa shape index (κ3) is 7.70. The van der Waals surface area contributed by atoms with Crippen LogP contribution in [0, 0.1) is 0 Å². The first-order valence-corrected chi connectivity index (χ1v) is 9.71. The van der Waals surface area contributed by atoms with Crippen molar-refractivity contribution >= 4 is 23.6 Å². The molecule has 0 atom stereocenters. The Hall–Kier alpha value is -3.28. The average molecular weight is 397 g/mol. The van der Waals surface area contributed by atoms with Crippen molar-refractivity contribution in [1.29, 1.82) is 0 Å². The molecule has 6 heteroatoms. The van der Waals surface area contributed by atoms with Gasteiger partial charge in [0.25, 0.3) is 0 Å². The van der Waals surface area contributed by atoms with Crippen LogP contribution >= 0.6 is 0 Å². The van der Waals surface area contributed by atoms with E-state index in [0.29, 0.717) is 31.1 Å². The van der Waals surface area contributed by atoms with Gasteiger partial charge in [-0.2, -0.15) is 0 Å². The summed E-state index contributed by atoms with van der Waals surface area (Å²) in [5, 5.41) is 11.7. The number of hydrogen-bond donors (Lipinski definition) is 2. The number of nitrogens with one attached hydrogen (secondary N) is 1. The van der Waals surface area contributed by atoms with E-state index in [1.165, 1.54) is 6.08 Å². The zero-order valence-electron chi connectivity index (χ0n) is 16.8. The van der Waals surface area contributed by atoms with Gasteiger partial charge in [0, 0.05) is 12.5 Å². The molecule has 0 heterocycles. The lowest BCUT2D eigenvalue weighted by atomic mass is 10.1. The van der Waals surface area contributed by atoms with E-state index < -0.39 is 5.97 Å². The molecule has 2 N–H and O–H groups in total. The Morgan fingerprint density at radius 2 is 1.83 bits per heavy atom. The number of aryl methyl sites for hydroxylation is 1. The smallest absolute Gasteiger partial charge is 0.303 e. The molecule has 154 valence electrons. The van der Waals surface area contributed by atoms with Crippen LogP contribution < -0.4 is 14.8 Å². The van der Waals surface area contributed by atoms with Crippen LogP contribution in [0.25, 0.3) is 6.08 Å². The summed E-state index contributed by atoms with van der Waals surface area (Å²) in [4.78, 5) is 23.2. The van der Waals surface area contributed by atoms with E-state index in [4.69, 9.17) is 14.6 Å². The summed E-state index contributed by atoms with van der Waals surface area (Å²) in [5.74, 6) is 0.189. The predicted octanol–water partition coefficient (Wildman–Crippen LogP) is 4.54. The highest BCUT2D eigenvalue weighted by atomic mass is 16.5. The first kappa shape index (κ1) is 22.0. The van der Waals surface area contributed by atoms with Crippen LogP contribution in [0.3, 0.4) is 0 Å². The molecule has 0 radical (unpaired) electrons. The lowest BCUT2D eigenvalue weighted by Gasteiger charge is -2.13. The van der Waals surface area contributed by atoms with E-state index in [9.17, 15) is 9.59 Å². The molecule has 0 unspecified atom stereocenters. The van der Waals surface area contributed by atoms with Crippen LogP contribution in [0.2, 0.25) is 0 Å². The van der Waals surface area contributed by atoms with Crippen molar-refractivity contribution in [2.75, 3.05) is 18.5 Å². The maximum atomic E-state index is 12.4. The van der Waals surface area contributed by atoms with Gasteiger partial charge in [0.1, 0.15) is 11.5 Å². The van der Waals surface area contributed by atoms with E-state index in [0.717, 1.165) is 23.3 Å². The molecule has 0 spiro atoms. The van der Waals surface area contributed by atoms with Gasteiger partial charge in [-0.05, 0) is 61.2 Å². The Labute approximate surface area is 171 Å². The number of anilines is 1. The van der Waals surface area contributed by atoms with E-state index in [-0.39, 0.29) is 12.3 Å². The molecule has 2 aromatic carbocycles. The molecule has 0 aliphatic carbocycles. The first-order chi connectivity index (χ1) is 14.0. The summed E-state index contributed by atoms with van der Waals surface area (Å²) in [6, 6.07) is 12.8. The third-order valence-electron chi connectivity index (χ3n) is 4.01. The standard InChI is InChI=1S/C23H27NO5/c1-3-15-29-21-12-7-18(9-14-23(26)27)16-20(21)24-22(25)13-8-17-5-10-19(11-6-17)28-4-2/h5-8,10-13,16H,3-4,9,14-15H2,1-2H3,(H,24,25)(H,26,27)/b13-8+. The summed E-state index contributed by atoms with van der Waals surface area (Å²) in [7, 11) is 0. The number of rotatable bonds is 11. The Morgan fingerprint density at radius 1 is 1.07 bits per heavy atom. The highest BCUT2D eigenvalue weighted by Gasteiger charge is 2.09. The Balaban J connectivity index is 2.08. The minimum atomic E-state index is -0.861. The maximum absolute atomic E-state index is 12.4. The van der Waals surface area contributed by atoms with Crippen molar-refractivity contribution in [2.24, 2.45) is 0 Å². The zero-order chi connectivity index (χ0) is 21.1. The highest BCUT2D eigenvalue weighted by Crippen LogP contribution is 2.27. The van der Waals surface area contributed by atoms with Crippen molar-refractivity contribution in [3.63, 3.8) is 0 Å². The monoisotopic (exact) mass is 397 g/mol. The van der Waals surface area contributed by atoms with Gasteiger partial charge in [-0.15, -0.1) is 0 Å². The van der Waals surface area contributed by atoms with E-state index >= 15 is 0 Å². The molecule has 0 fully saturated rings. The van der Waals surface area contributed by atoms with Crippen LogP contribution in [0.1, 0.15) is 37.8 Å². The maximum Gasteiger partial charge on any atom is 0.303 e. The fraction of sp³-hybridized carbons (Fsp3) is 0.304. The van der Waals surface area contributed by atoms with Gasteiger partial charge >= 0.3 is 5.97 Å². The fourth-order valence-corrected chi connectivity index (χ4v) is 2.61. The number of carbonyl (C=O) groups is 2. The molecule has 0 bridgehead atoms. The third-order valence-corrected chi connectivity index (χ3v) is 4.01. The summed E-state index contributed by atoms with van der Waals surface area (Å²) >= 11 is 0. The van der Waals surface area contributed by atoms with Gasteiger partial charge in [-0.25, -0.2) is 0 Å². The molecule has 0 aliphatic rings. The SMILES string of the molecule is CCCOc1ccc(CCC(=O)O)cc1NC(=O)/C=C/c1ccc(OCC)cc1.